The summed E-state index contributed by atoms with van der Waals surface area (Å²) in [5, 5.41) is 0. The lowest BCUT2D eigenvalue weighted by molar-refractivity contribution is -0.145. The van der Waals surface area contributed by atoms with E-state index in [-0.39, 0.29) is 5.97 Å². The van der Waals surface area contributed by atoms with Crippen LogP contribution in [0.25, 0.3) is 0 Å². The number of nitrogens with zero attached hydrogens (tertiary/aromatic N) is 1. The molecule has 1 aromatic rings. The fourth-order valence-electron chi connectivity index (χ4n) is 2.47. The Morgan fingerprint density at radius 1 is 1.35 bits per heavy atom. The van der Waals surface area contributed by atoms with Gasteiger partial charge in [-0.2, -0.15) is 0 Å². The highest BCUT2D eigenvalue weighted by atomic mass is 16.5. The van der Waals surface area contributed by atoms with Crippen LogP contribution in [0.15, 0.2) is 24.3 Å². The number of anilines is 1. The number of hydrogen-bond donors (Lipinski definition) is 0. The second-order valence-electron chi connectivity index (χ2n) is 4.93. The molecule has 0 aliphatic carbocycles. The molecule has 3 heteroatoms. The van der Waals surface area contributed by atoms with Gasteiger partial charge in [0.2, 0.25) is 0 Å². The molecule has 1 heterocycles. The van der Waals surface area contributed by atoms with Gasteiger partial charge in [-0.3, -0.25) is 0 Å². The van der Waals surface area contributed by atoms with Gasteiger partial charge in [0.05, 0.1) is 7.11 Å². The number of fused-ring (bicyclic) bond motifs is 1. The molecular formula is C14H19NO2. The lowest BCUT2D eigenvalue weighted by atomic mass is 9.94. The van der Waals surface area contributed by atoms with Crippen molar-refractivity contribution in [2.24, 2.45) is 0 Å². The summed E-state index contributed by atoms with van der Waals surface area (Å²) in [6, 6.07) is 8.28. The van der Waals surface area contributed by atoms with Gasteiger partial charge in [-0.15, -0.1) is 0 Å². The topological polar surface area (TPSA) is 29.5 Å². The van der Waals surface area contributed by atoms with Crippen molar-refractivity contribution in [2.75, 3.05) is 18.6 Å². The van der Waals surface area contributed by atoms with E-state index in [2.05, 4.69) is 17.0 Å². The summed E-state index contributed by atoms with van der Waals surface area (Å²) in [5.74, 6) is -0.186. The highest BCUT2D eigenvalue weighted by Crippen LogP contribution is 2.32. The predicted octanol–water partition coefficient (Wildman–Crippen LogP) is 2.39. The molecule has 0 unspecified atom stereocenters. The second kappa shape index (κ2) is 4.40. The predicted molar refractivity (Wildman–Crippen MR) is 68.2 cm³/mol. The Bertz CT molecular complexity index is 426. The monoisotopic (exact) mass is 233 g/mol. The van der Waals surface area contributed by atoms with Crippen molar-refractivity contribution >= 4 is 11.7 Å². The first-order chi connectivity index (χ1) is 8.07. The third-order valence-electron chi connectivity index (χ3n) is 3.47. The average molecular weight is 233 g/mol. The van der Waals surface area contributed by atoms with Crippen molar-refractivity contribution in [1.29, 1.82) is 0 Å². The fourth-order valence-corrected chi connectivity index (χ4v) is 2.47. The normalized spacial score (nSPS) is 15.4. The smallest absolute Gasteiger partial charge is 0.331 e. The van der Waals surface area contributed by atoms with Crippen LogP contribution in [-0.4, -0.2) is 25.2 Å². The van der Waals surface area contributed by atoms with Gasteiger partial charge in [0, 0.05) is 12.2 Å². The van der Waals surface area contributed by atoms with E-state index in [1.165, 1.54) is 12.7 Å². The average Bonchev–Trinajstić information content (AvgIpc) is 2.37. The van der Waals surface area contributed by atoms with E-state index in [1.54, 1.807) is 0 Å². The number of aryl methyl sites for hydroxylation is 1. The van der Waals surface area contributed by atoms with Crippen LogP contribution in [-0.2, 0) is 16.0 Å². The third kappa shape index (κ3) is 2.02. The minimum atomic E-state index is -0.606. The molecular weight excluding hydrogens is 214 g/mol. The standard InChI is InChI=1S/C14H19NO2/c1-14(2,13(16)17-3)15-10-6-8-11-7-4-5-9-12(11)15/h4-5,7,9H,6,8,10H2,1-3H3. The number of hydrogen-bond acceptors (Lipinski definition) is 3. The van der Waals surface area contributed by atoms with E-state index in [1.807, 2.05) is 26.0 Å². The van der Waals surface area contributed by atoms with Gasteiger partial charge < -0.3 is 9.64 Å². The number of esters is 1. The van der Waals surface area contributed by atoms with Gasteiger partial charge in [0.1, 0.15) is 5.54 Å². The SMILES string of the molecule is COC(=O)C(C)(C)N1CCCc2ccccc21. The van der Waals surface area contributed by atoms with Crippen LogP contribution in [0.1, 0.15) is 25.8 Å². The molecule has 92 valence electrons. The van der Waals surface area contributed by atoms with Crippen LogP contribution in [0, 0.1) is 0 Å². The number of para-hydroxylation sites is 1. The minimum absolute atomic E-state index is 0.186. The summed E-state index contributed by atoms with van der Waals surface area (Å²) in [6.45, 7) is 4.74. The quantitative estimate of drug-likeness (QED) is 0.735. The van der Waals surface area contributed by atoms with E-state index in [4.69, 9.17) is 4.74 Å². The van der Waals surface area contributed by atoms with Crippen LogP contribution in [0.4, 0.5) is 5.69 Å². The second-order valence-corrected chi connectivity index (χ2v) is 4.93. The van der Waals surface area contributed by atoms with Crippen molar-refractivity contribution in [2.45, 2.75) is 32.2 Å². The molecule has 0 spiro atoms. The van der Waals surface area contributed by atoms with Gasteiger partial charge in [-0.05, 0) is 38.3 Å². The Kier molecular flexibility index (Phi) is 3.09. The molecule has 0 fully saturated rings. The molecule has 0 saturated carbocycles. The Balaban J connectivity index is 2.39. The molecule has 0 aromatic heterocycles. The number of carbonyl (C=O) groups is 1. The fraction of sp³-hybridized carbons (Fsp3) is 0.500. The Labute approximate surface area is 102 Å². The van der Waals surface area contributed by atoms with Gasteiger partial charge in [0.15, 0.2) is 0 Å². The van der Waals surface area contributed by atoms with Crippen LogP contribution in [0.3, 0.4) is 0 Å². The molecule has 0 N–H and O–H groups in total. The molecule has 1 aliphatic rings. The maximum atomic E-state index is 11.9. The molecule has 0 bridgehead atoms. The van der Waals surface area contributed by atoms with E-state index in [9.17, 15) is 4.79 Å². The number of methoxy groups -OCH3 is 1. The lowest BCUT2D eigenvalue weighted by Crippen LogP contribution is -2.52. The molecule has 17 heavy (non-hydrogen) atoms. The Morgan fingerprint density at radius 2 is 2.06 bits per heavy atom. The molecule has 3 nitrogen and oxygen atoms in total. The van der Waals surface area contributed by atoms with E-state index in [0.29, 0.717) is 0 Å². The van der Waals surface area contributed by atoms with E-state index >= 15 is 0 Å². The van der Waals surface area contributed by atoms with Crippen molar-refractivity contribution in [3.8, 4) is 0 Å². The summed E-state index contributed by atoms with van der Waals surface area (Å²) in [5.41, 5.74) is 1.87. The summed E-state index contributed by atoms with van der Waals surface area (Å²) in [4.78, 5) is 14.0. The molecule has 0 amide bonds. The summed E-state index contributed by atoms with van der Waals surface area (Å²) >= 11 is 0. The van der Waals surface area contributed by atoms with Gasteiger partial charge in [0.25, 0.3) is 0 Å². The zero-order valence-electron chi connectivity index (χ0n) is 10.7. The highest BCUT2D eigenvalue weighted by molar-refractivity contribution is 5.85. The molecule has 1 aliphatic heterocycles. The van der Waals surface area contributed by atoms with Gasteiger partial charge in [-0.25, -0.2) is 4.79 Å². The maximum Gasteiger partial charge on any atom is 0.331 e. The summed E-state index contributed by atoms with van der Waals surface area (Å²) in [7, 11) is 1.44. The highest BCUT2D eigenvalue weighted by Gasteiger charge is 2.37. The molecule has 0 atom stereocenters. The summed E-state index contributed by atoms with van der Waals surface area (Å²) in [6.07, 6.45) is 2.17. The van der Waals surface area contributed by atoms with Crippen LogP contribution in [0.5, 0.6) is 0 Å². The Morgan fingerprint density at radius 3 is 2.76 bits per heavy atom. The van der Waals surface area contributed by atoms with E-state index in [0.717, 1.165) is 25.1 Å². The largest absolute Gasteiger partial charge is 0.467 e. The molecule has 0 radical (unpaired) electrons. The number of rotatable bonds is 2. The van der Waals surface area contributed by atoms with Crippen molar-refractivity contribution in [1.82, 2.24) is 0 Å². The van der Waals surface area contributed by atoms with Crippen LogP contribution in [0.2, 0.25) is 0 Å². The van der Waals surface area contributed by atoms with Crippen LogP contribution < -0.4 is 4.90 Å². The number of carbonyl (C=O) groups excluding carboxylic acids is 1. The lowest BCUT2D eigenvalue weighted by Gasteiger charge is -2.41. The van der Waals surface area contributed by atoms with Gasteiger partial charge in [-0.1, -0.05) is 18.2 Å². The summed E-state index contributed by atoms with van der Waals surface area (Å²) < 4.78 is 4.90. The minimum Gasteiger partial charge on any atom is -0.467 e. The molecule has 0 saturated heterocycles. The Hall–Kier alpha value is -1.51. The first-order valence-electron chi connectivity index (χ1n) is 6.01. The number of benzene rings is 1. The molecule has 1 aromatic carbocycles. The van der Waals surface area contributed by atoms with E-state index < -0.39 is 5.54 Å². The third-order valence-corrected chi connectivity index (χ3v) is 3.47. The van der Waals surface area contributed by atoms with Crippen LogP contribution >= 0.6 is 0 Å². The number of ether oxygens (including phenoxy) is 1. The zero-order chi connectivity index (χ0) is 12.5. The van der Waals surface area contributed by atoms with Gasteiger partial charge >= 0.3 is 5.97 Å². The van der Waals surface area contributed by atoms with Crippen molar-refractivity contribution < 1.29 is 9.53 Å². The maximum absolute atomic E-state index is 11.9. The first kappa shape index (κ1) is 12.0. The van der Waals surface area contributed by atoms with Crippen molar-refractivity contribution in [3.63, 3.8) is 0 Å². The zero-order valence-corrected chi connectivity index (χ0v) is 10.7. The first-order valence-corrected chi connectivity index (χ1v) is 6.01. The van der Waals surface area contributed by atoms with Crippen molar-refractivity contribution in [3.05, 3.63) is 29.8 Å². The molecule has 2 rings (SSSR count).